The lowest BCUT2D eigenvalue weighted by molar-refractivity contribution is -0.140. The molecule has 2 heterocycles. The van der Waals surface area contributed by atoms with E-state index >= 15 is 0 Å². The van der Waals surface area contributed by atoms with Crippen LogP contribution in [0.15, 0.2) is 120 Å². The van der Waals surface area contributed by atoms with Crippen molar-refractivity contribution in [2.24, 2.45) is 0 Å². The summed E-state index contributed by atoms with van der Waals surface area (Å²) in [5, 5.41) is 3.22. The van der Waals surface area contributed by atoms with Crippen molar-refractivity contribution in [2.45, 2.75) is 32.6 Å². The zero-order valence-corrected chi connectivity index (χ0v) is 23.2. The standard InChI is InChI=1S/C34H33N3O4/c1-23-29(33(38)40-20-18-25-12-6-3-7-13-25)31(28-22-35-32(37-28)27-16-10-5-11-17-27)30(24(2)36-23)34(39)41-21-19-26-14-8-4-9-15-26/h3-17,22,31,36H,18-21H2,1-2H3,(H,35,37). The van der Waals surface area contributed by atoms with E-state index in [0.717, 1.165) is 16.7 Å². The molecule has 2 N–H and O–H groups in total. The average molecular weight is 548 g/mol. The highest BCUT2D eigenvalue weighted by molar-refractivity contribution is 5.99. The highest BCUT2D eigenvalue weighted by Gasteiger charge is 2.39. The first-order valence-electron chi connectivity index (χ1n) is 13.7. The summed E-state index contributed by atoms with van der Waals surface area (Å²) in [6.07, 6.45) is 2.85. The monoisotopic (exact) mass is 547 g/mol. The maximum absolute atomic E-state index is 13.6. The van der Waals surface area contributed by atoms with Crippen molar-refractivity contribution in [3.8, 4) is 11.4 Å². The summed E-state index contributed by atoms with van der Waals surface area (Å²) >= 11 is 0. The van der Waals surface area contributed by atoms with Gasteiger partial charge in [-0.3, -0.25) is 0 Å². The van der Waals surface area contributed by atoms with Crippen molar-refractivity contribution in [1.29, 1.82) is 0 Å². The minimum absolute atomic E-state index is 0.212. The number of H-pyrrole nitrogens is 1. The molecule has 5 rings (SSSR count). The Bertz CT molecular complexity index is 1480. The van der Waals surface area contributed by atoms with Gasteiger partial charge in [0.05, 0.1) is 30.3 Å². The van der Waals surface area contributed by atoms with Crippen LogP contribution in [0.1, 0.15) is 36.6 Å². The van der Waals surface area contributed by atoms with Gasteiger partial charge in [-0.15, -0.1) is 0 Å². The number of aromatic nitrogens is 2. The molecule has 0 amide bonds. The molecule has 0 spiro atoms. The Morgan fingerprint density at radius 3 is 1.66 bits per heavy atom. The molecule has 208 valence electrons. The molecule has 4 aromatic rings. The molecule has 1 aliphatic rings. The third kappa shape index (κ3) is 6.64. The number of hydrogen-bond acceptors (Lipinski definition) is 6. The SMILES string of the molecule is CC1=C(C(=O)OCCc2ccccc2)C(c2cnc(-c3ccccc3)[nH]2)C(C(=O)OCCc2ccccc2)=C(C)N1. The molecule has 1 aliphatic heterocycles. The summed E-state index contributed by atoms with van der Waals surface area (Å²) < 4.78 is 11.5. The normalized spacial score (nSPS) is 13.6. The number of carbonyl (C=O) groups excluding carboxylic acids is 2. The van der Waals surface area contributed by atoms with Crippen LogP contribution in [0, 0.1) is 0 Å². The lowest BCUT2D eigenvalue weighted by Gasteiger charge is -2.29. The van der Waals surface area contributed by atoms with Crippen LogP contribution < -0.4 is 5.32 Å². The smallest absolute Gasteiger partial charge is 0.336 e. The van der Waals surface area contributed by atoms with E-state index in [4.69, 9.17) is 9.47 Å². The number of esters is 2. The molecule has 0 saturated carbocycles. The van der Waals surface area contributed by atoms with Crippen molar-refractivity contribution in [3.05, 3.63) is 137 Å². The molecule has 0 atom stereocenters. The minimum Gasteiger partial charge on any atom is -0.462 e. The molecule has 1 aromatic heterocycles. The van der Waals surface area contributed by atoms with Crippen LogP contribution in [0.25, 0.3) is 11.4 Å². The fraction of sp³-hybridized carbons (Fsp3) is 0.206. The highest BCUT2D eigenvalue weighted by atomic mass is 16.5. The van der Waals surface area contributed by atoms with Gasteiger partial charge >= 0.3 is 11.9 Å². The molecular formula is C34H33N3O4. The molecule has 7 nitrogen and oxygen atoms in total. The maximum Gasteiger partial charge on any atom is 0.336 e. The van der Waals surface area contributed by atoms with Crippen molar-refractivity contribution in [1.82, 2.24) is 15.3 Å². The van der Waals surface area contributed by atoms with Crippen molar-refractivity contribution in [2.75, 3.05) is 13.2 Å². The van der Waals surface area contributed by atoms with Crippen LogP contribution in [-0.4, -0.2) is 35.1 Å². The second kappa shape index (κ2) is 13.0. The van der Waals surface area contributed by atoms with Gasteiger partial charge < -0.3 is 19.8 Å². The van der Waals surface area contributed by atoms with Crippen LogP contribution in [0.5, 0.6) is 0 Å². The summed E-state index contributed by atoms with van der Waals surface area (Å²) in [7, 11) is 0. The van der Waals surface area contributed by atoms with E-state index in [9.17, 15) is 9.59 Å². The second-order valence-corrected chi connectivity index (χ2v) is 9.93. The van der Waals surface area contributed by atoms with Gasteiger partial charge in [0.15, 0.2) is 0 Å². The number of nitrogens with zero attached hydrogens (tertiary/aromatic N) is 1. The van der Waals surface area contributed by atoms with Gasteiger partial charge in [0.2, 0.25) is 0 Å². The predicted octanol–water partition coefficient (Wildman–Crippen LogP) is 5.88. The topological polar surface area (TPSA) is 93.3 Å². The molecule has 0 fully saturated rings. The van der Waals surface area contributed by atoms with Crippen LogP contribution >= 0.6 is 0 Å². The molecule has 0 unspecified atom stereocenters. The number of ether oxygens (including phenoxy) is 2. The van der Waals surface area contributed by atoms with Gasteiger partial charge in [0.25, 0.3) is 0 Å². The Hall–Kier alpha value is -4.91. The Balaban J connectivity index is 1.42. The number of carbonyl (C=O) groups is 2. The molecule has 0 bridgehead atoms. The largest absolute Gasteiger partial charge is 0.462 e. The lowest BCUT2D eigenvalue weighted by atomic mass is 9.83. The molecule has 0 radical (unpaired) electrons. The first-order chi connectivity index (χ1) is 20.0. The number of imidazole rings is 1. The maximum atomic E-state index is 13.6. The summed E-state index contributed by atoms with van der Waals surface area (Å²) in [6, 6.07) is 29.4. The molecule has 0 aliphatic carbocycles. The zero-order chi connectivity index (χ0) is 28.6. The van der Waals surface area contributed by atoms with E-state index in [1.54, 1.807) is 6.20 Å². The van der Waals surface area contributed by atoms with Gasteiger partial charge in [-0.1, -0.05) is 91.0 Å². The number of aromatic amines is 1. The van der Waals surface area contributed by atoms with E-state index in [-0.39, 0.29) is 13.2 Å². The summed E-state index contributed by atoms with van der Waals surface area (Å²) in [5.41, 5.74) is 5.58. The average Bonchev–Trinajstić information content (AvgIpc) is 3.48. The van der Waals surface area contributed by atoms with E-state index in [1.807, 2.05) is 105 Å². The van der Waals surface area contributed by atoms with Crippen LogP contribution in [0.2, 0.25) is 0 Å². The van der Waals surface area contributed by atoms with Crippen molar-refractivity contribution < 1.29 is 19.1 Å². The Morgan fingerprint density at radius 1 is 0.707 bits per heavy atom. The molecule has 0 saturated heterocycles. The minimum atomic E-state index is -0.741. The third-order valence-electron chi connectivity index (χ3n) is 7.09. The van der Waals surface area contributed by atoms with Crippen LogP contribution in [0.4, 0.5) is 0 Å². The van der Waals surface area contributed by atoms with Crippen LogP contribution in [0.3, 0.4) is 0 Å². The lowest BCUT2D eigenvalue weighted by Crippen LogP contribution is -2.33. The molecular weight excluding hydrogens is 514 g/mol. The number of rotatable bonds is 10. The van der Waals surface area contributed by atoms with E-state index in [2.05, 4.69) is 15.3 Å². The number of hydrogen-bond donors (Lipinski definition) is 2. The summed E-state index contributed by atoms with van der Waals surface area (Å²) in [6.45, 7) is 4.06. The number of dihydropyridines is 1. The third-order valence-corrected chi connectivity index (χ3v) is 7.09. The van der Waals surface area contributed by atoms with Gasteiger partial charge in [0, 0.05) is 41.7 Å². The van der Waals surface area contributed by atoms with E-state index in [1.165, 1.54) is 0 Å². The first kappa shape index (κ1) is 27.6. The molecule has 7 heteroatoms. The van der Waals surface area contributed by atoms with Crippen molar-refractivity contribution in [3.63, 3.8) is 0 Å². The Labute approximate surface area is 239 Å². The predicted molar refractivity (Wildman–Crippen MR) is 158 cm³/mol. The quantitative estimate of drug-likeness (QED) is 0.241. The van der Waals surface area contributed by atoms with Gasteiger partial charge in [-0.2, -0.15) is 0 Å². The van der Waals surface area contributed by atoms with Gasteiger partial charge in [0.1, 0.15) is 5.82 Å². The summed E-state index contributed by atoms with van der Waals surface area (Å²) in [4.78, 5) is 35.1. The van der Waals surface area contributed by atoms with Crippen molar-refractivity contribution >= 4 is 11.9 Å². The van der Waals surface area contributed by atoms with E-state index < -0.39 is 17.9 Å². The summed E-state index contributed by atoms with van der Waals surface area (Å²) in [5.74, 6) is -1.08. The zero-order valence-electron chi connectivity index (χ0n) is 23.2. The van der Waals surface area contributed by atoms with E-state index in [0.29, 0.717) is 46.9 Å². The Morgan fingerprint density at radius 2 is 1.17 bits per heavy atom. The van der Waals surface area contributed by atoms with Gasteiger partial charge in [-0.05, 0) is 25.0 Å². The first-order valence-corrected chi connectivity index (χ1v) is 13.7. The Kier molecular flexibility index (Phi) is 8.74. The number of nitrogens with one attached hydrogen (secondary N) is 2. The number of allylic oxidation sites excluding steroid dienone is 2. The molecule has 3 aromatic carbocycles. The molecule has 41 heavy (non-hydrogen) atoms. The highest BCUT2D eigenvalue weighted by Crippen LogP contribution is 2.39. The van der Waals surface area contributed by atoms with Gasteiger partial charge in [-0.25, -0.2) is 14.6 Å². The van der Waals surface area contributed by atoms with Crippen LogP contribution in [-0.2, 0) is 31.9 Å². The number of benzene rings is 3. The fourth-order valence-corrected chi connectivity index (χ4v) is 5.04. The fourth-order valence-electron chi connectivity index (χ4n) is 5.04. The second-order valence-electron chi connectivity index (χ2n) is 9.93.